The van der Waals surface area contributed by atoms with Crippen molar-refractivity contribution in [2.24, 2.45) is 0 Å². The van der Waals surface area contributed by atoms with Gasteiger partial charge in [-0.15, -0.1) is 0 Å². The van der Waals surface area contributed by atoms with E-state index in [0.717, 1.165) is 26.2 Å². The molecule has 0 saturated carbocycles. The van der Waals surface area contributed by atoms with Crippen LogP contribution in [0.5, 0.6) is 0 Å². The van der Waals surface area contributed by atoms with Crippen molar-refractivity contribution in [3.63, 3.8) is 0 Å². The molecule has 5 nitrogen and oxygen atoms in total. The molecule has 5 heteroatoms. The molecule has 0 aliphatic carbocycles. The van der Waals surface area contributed by atoms with Crippen molar-refractivity contribution in [2.45, 2.75) is 32.5 Å². The lowest BCUT2D eigenvalue weighted by Gasteiger charge is -2.35. The van der Waals surface area contributed by atoms with Crippen LogP contribution in [0.1, 0.15) is 20.3 Å². The van der Waals surface area contributed by atoms with Crippen LogP contribution < -0.4 is 0 Å². The Morgan fingerprint density at radius 2 is 1.88 bits per heavy atom. The highest BCUT2D eigenvalue weighted by molar-refractivity contribution is 5.76. The molecular formula is C12H24N2O3. The van der Waals surface area contributed by atoms with Gasteiger partial charge in [0.15, 0.2) is 0 Å². The number of carbonyl (C=O) groups is 1. The van der Waals surface area contributed by atoms with Crippen molar-refractivity contribution < 1.29 is 14.6 Å². The highest BCUT2D eigenvalue weighted by Gasteiger charge is 2.22. The molecule has 1 heterocycles. The largest absolute Gasteiger partial charge is 0.392 e. The van der Waals surface area contributed by atoms with Gasteiger partial charge in [0.1, 0.15) is 0 Å². The molecule has 0 aromatic heterocycles. The number of hydrogen-bond donors (Lipinski definition) is 1. The smallest absolute Gasteiger partial charge is 0.225 e. The lowest BCUT2D eigenvalue weighted by molar-refractivity contribution is -0.135. The predicted molar refractivity (Wildman–Crippen MR) is 65.8 cm³/mol. The van der Waals surface area contributed by atoms with Gasteiger partial charge in [0.25, 0.3) is 0 Å². The van der Waals surface area contributed by atoms with Crippen LogP contribution >= 0.6 is 0 Å². The minimum atomic E-state index is -0.300. The van der Waals surface area contributed by atoms with Gasteiger partial charge < -0.3 is 14.7 Å². The Kier molecular flexibility index (Phi) is 5.88. The molecule has 100 valence electrons. The Bertz CT molecular complexity index is 238. The molecule has 17 heavy (non-hydrogen) atoms. The van der Waals surface area contributed by atoms with Crippen LogP contribution in [0.15, 0.2) is 0 Å². The maximum absolute atomic E-state index is 11.9. The van der Waals surface area contributed by atoms with Gasteiger partial charge in [-0.3, -0.25) is 9.69 Å². The maximum Gasteiger partial charge on any atom is 0.225 e. The minimum Gasteiger partial charge on any atom is -0.392 e. The van der Waals surface area contributed by atoms with Crippen LogP contribution in [-0.2, 0) is 9.53 Å². The molecule has 1 amide bonds. The first-order chi connectivity index (χ1) is 8.02. The number of methoxy groups -OCH3 is 1. The molecule has 1 aliphatic heterocycles. The van der Waals surface area contributed by atoms with Crippen LogP contribution in [0.25, 0.3) is 0 Å². The van der Waals surface area contributed by atoms with E-state index >= 15 is 0 Å². The highest BCUT2D eigenvalue weighted by Crippen LogP contribution is 2.07. The average Bonchev–Trinajstić information content (AvgIpc) is 2.28. The first kappa shape index (κ1) is 14.4. The SMILES string of the molecule is COC(C)CC(=O)N1CCN(CC(C)O)CC1. The predicted octanol–water partition coefficient (Wildman–Crippen LogP) is -0.0636. The summed E-state index contributed by atoms with van der Waals surface area (Å²) in [4.78, 5) is 15.9. The van der Waals surface area contributed by atoms with Gasteiger partial charge in [0.05, 0.1) is 18.6 Å². The Morgan fingerprint density at radius 3 is 2.35 bits per heavy atom. The molecule has 1 saturated heterocycles. The van der Waals surface area contributed by atoms with E-state index in [1.807, 2.05) is 11.8 Å². The van der Waals surface area contributed by atoms with E-state index in [1.54, 1.807) is 14.0 Å². The third-order valence-corrected chi connectivity index (χ3v) is 3.11. The zero-order valence-corrected chi connectivity index (χ0v) is 11.1. The summed E-state index contributed by atoms with van der Waals surface area (Å²) in [5.74, 6) is 0.163. The zero-order valence-electron chi connectivity index (χ0n) is 11.1. The molecule has 0 aromatic rings. The number of β-amino-alcohol motifs (C(OH)–C–C–N with tert-alkyl or cyclic N) is 1. The number of aliphatic hydroxyl groups is 1. The summed E-state index contributed by atoms with van der Waals surface area (Å²) in [6.07, 6.45) is 0.135. The van der Waals surface area contributed by atoms with Gasteiger partial charge in [-0.1, -0.05) is 0 Å². The van der Waals surface area contributed by atoms with E-state index in [2.05, 4.69) is 4.90 Å². The highest BCUT2D eigenvalue weighted by atomic mass is 16.5. The monoisotopic (exact) mass is 244 g/mol. The molecule has 1 N–H and O–H groups in total. The number of rotatable bonds is 5. The molecule has 0 aromatic carbocycles. The Labute approximate surface area is 103 Å². The van der Waals surface area contributed by atoms with Gasteiger partial charge in [-0.2, -0.15) is 0 Å². The van der Waals surface area contributed by atoms with E-state index in [0.29, 0.717) is 13.0 Å². The van der Waals surface area contributed by atoms with Crippen molar-refractivity contribution >= 4 is 5.91 Å². The second kappa shape index (κ2) is 6.93. The second-order valence-corrected chi connectivity index (χ2v) is 4.78. The molecular weight excluding hydrogens is 220 g/mol. The minimum absolute atomic E-state index is 0.0157. The maximum atomic E-state index is 11.9. The Morgan fingerprint density at radius 1 is 1.29 bits per heavy atom. The zero-order chi connectivity index (χ0) is 12.8. The molecule has 2 atom stereocenters. The molecule has 0 bridgehead atoms. The molecule has 0 radical (unpaired) electrons. The summed E-state index contributed by atoms with van der Waals surface area (Å²) in [5, 5.41) is 9.29. The summed E-state index contributed by atoms with van der Waals surface area (Å²) in [7, 11) is 1.62. The van der Waals surface area contributed by atoms with Crippen molar-refractivity contribution in [2.75, 3.05) is 39.8 Å². The average molecular weight is 244 g/mol. The lowest BCUT2D eigenvalue weighted by atomic mass is 10.2. The molecule has 1 fully saturated rings. The second-order valence-electron chi connectivity index (χ2n) is 4.78. The topological polar surface area (TPSA) is 53.0 Å². The van der Waals surface area contributed by atoms with E-state index < -0.39 is 0 Å². The fourth-order valence-electron chi connectivity index (χ4n) is 2.01. The van der Waals surface area contributed by atoms with E-state index in [-0.39, 0.29) is 18.1 Å². The third kappa shape index (κ3) is 5.02. The van der Waals surface area contributed by atoms with Crippen LogP contribution in [0, 0.1) is 0 Å². The van der Waals surface area contributed by atoms with Crippen molar-refractivity contribution in [3.05, 3.63) is 0 Å². The summed E-state index contributed by atoms with van der Waals surface area (Å²) in [6.45, 7) is 7.58. The number of piperazine rings is 1. The summed E-state index contributed by atoms with van der Waals surface area (Å²) < 4.78 is 5.09. The number of nitrogens with zero attached hydrogens (tertiary/aromatic N) is 2. The lowest BCUT2D eigenvalue weighted by Crippen LogP contribution is -2.50. The number of hydrogen-bond acceptors (Lipinski definition) is 4. The van der Waals surface area contributed by atoms with Gasteiger partial charge in [-0.25, -0.2) is 0 Å². The van der Waals surface area contributed by atoms with E-state index in [9.17, 15) is 9.90 Å². The summed E-state index contributed by atoms with van der Waals surface area (Å²) >= 11 is 0. The van der Waals surface area contributed by atoms with Gasteiger partial charge >= 0.3 is 0 Å². The first-order valence-electron chi connectivity index (χ1n) is 6.24. The van der Waals surface area contributed by atoms with Crippen LogP contribution in [0.4, 0.5) is 0 Å². The number of aliphatic hydroxyl groups excluding tert-OH is 1. The Hall–Kier alpha value is -0.650. The van der Waals surface area contributed by atoms with Crippen LogP contribution in [-0.4, -0.2) is 72.9 Å². The molecule has 1 rings (SSSR count). The van der Waals surface area contributed by atoms with Crippen LogP contribution in [0.3, 0.4) is 0 Å². The standard InChI is InChI=1S/C12H24N2O3/c1-10(15)9-13-4-6-14(7-5-13)12(16)8-11(2)17-3/h10-11,15H,4-9H2,1-3H3. The van der Waals surface area contributed by atoms with Crippen molar-refractivity contribution in [1.82, 2.24) is 9.80 Å². The first-order valence-corrected chi connectivity index (χ1v) is 6.24. The summed E-state index contributed by atoms with van der Waals surface area (Å²) in [6, 6.07) is 0. The van der Waals surface area contributed by atoms with Gasteiger partial charge in [0, 0.05) is 39.8 Å². The van der Waals surface area contributed by atoms with Crippen molar-refractivity contribution in [1.29, 1.82) is 0 Å². The Balaban J connectivity index is 2.28. The quantitative estimate of drug-likeness (QED) is 0.736. The van der Waals surface area contributed by atoms with Gasteiger partial charge in [-0.05, 0) is 13.8 Å². The van der Waals surface area contributed by atoms with E-state index in [1.165, 1.54) is 0 Å². The van der Waals surface area contributed by atoms with Crippen molar-refractivity contribution in [3.8, 4) is 0 Å². The number of ether oxygens (including phenoxy) is 1. The number of amides is 1. The number of carbonyl (C=O) groups excluding carboxylic acids is 1. The van der Waals surface area contributed by atoms with Crippen LogP contribution in [0.2, 0.25) is 0 Å². The molecule has 1 aliphatic rings. The third-order valence-electron chi connectivity index (χ3n) is 3.11. The summed E-state index contributed by atoms with van der Waals surface area (Å²) in [5.41, 5.74) is 0. The molecule has 2 unspecified atom stereocenters. The fourth-order valence-corrected chi connectivity index (χ4v) is 2.01. The van der Waals surface area contributed by atoms with E-state index in [4.69, 9.17) is 4.74 Å². The normalized spacial score (nSPS) is 21.3. The molecule has 0 spiro atoms. The fraction of sp³-hybridized carbons (Fsp3) is 0.917. The van der Waals surface area contributed by atoms with Gasteiger partial charge in [0.2, 0.25) is 5.91 Å².